The smallest absolute Gasteiger partial charge is 0.129 e. The summed E-state index contributed by atoms with van der Waals surface area (Å²) in [6.45, 7) is 4.36. The van der Waals surface area contributed by atoms with E-state index in [1.165, 1.54) is 0 Å². The second kappa shape index (κ2) is 5.98. The molecule has 0 aliphatic carbocycles. The molecule has 0 aliphatic rings. The van der Waals surface area contributed by atoms with Crippen molar-refractivity contribution in [2.45, 2.75) is 6.92 Å². The lowest BCUT2D eigenvalue weighted by Gasteiger charge is -2.17. The summed E-state index contributed by atoms with van der Waals surface area (Å²) >= 11 is 3.34. The minimum absolute atomic E-state index is 0.737. The van der Waals surface area contributed by atoms with E-state index in [1.807, 2.05) is 32.2 Å². The van der Waals surface area contributed by atoms with Gasteiger partial charge in [0.25, 0.3) is 0 Å². The minimum Gasteiger partial charge on any atom is -0.380 e. The van der Waals surface area contributed by atoms with Crippen LogP contribution in [0.5, 0.6) is 0 Å². The summed E-state index contributed by atoms with van der Waals surface area (Å²) in [5.74, 6) is 0.957. The molecule has 1 rings (SSSR count). The topological polar surface area (TPSA) is 25.4 Å². The van der Waals surface area contributed by atoms with Gasteiger partial charge in [-0.1, -0.05) is 6.07 Å². The first-order chi connectivity index (χ1) is 6.74. The molecular weight excluding hydrogens is 244 g/mol. The maximum absolute atomic E-state index is 5.27. The van der Waals surface area contributed by atoms with E-state index < -0.39 is 0 Å². The molecule has 0 N–H and O–H groups in total. The summed E-state index contributed by atoms with van der Waals surface area (Å²) in [6.07, 6.45) is 0. The predicted octanol–water partition coefficient (Wildman–Crippen LogP) is 2.32. The fourth-order valence-electron chi connectivity index (χ4n) is 1.07. The van der Waals surface area contributed by atoms with Crippen LogP contribution in [0.25, 0.3) is 0 Å². The Labute approximate surface area is 93.2 Å². The zero-order chi connectivity index (χ0) is 10.4. The van der Waals surface area contributed by atoms with E-state index in [0.717, 1.165) is 30.2 Å². The van der Waals surface area contributed by atoms with E-state index in [4.69, 9.17) is 4.74 Å². The Morgan fingerprint density at radius 3 is 2.93 bits per heavy atom. The molecule has 4 heteroatoms. The second-order valence-corrected chi connectivity index (χ2v) is 3.75. The van der Waals surface area contributed by atoms with Gasteiger partial charge in [-0.25, -0.2) is 4.98 Å². The van der Waals surface area contributed by atoms with Gasteiger partial charge in [0.1, 0.15) is 10.4 Å². The van der Waals surface area contributed by atoms with Gasteiger partial charge in [-0.3, -0.25) is 0 Å². The van der Waals surface area contributed by atoms with Gasteiger partial charge in [0.15, 0.2) is 0 Å². The van der Waals surface area contributed by atoms with E-state index in [1.54, 1.807) is 0 Å². The number of rotatable bonds is 5. The lowest BCUT2D eigenvalue weighted by atomic mass is 10.4. The normalized spacial score (nSPS) is 10.2. The highest BCUT2D eigenvalue weighted by Gasteiger charge is 2.01. The number of hydrogen-bond donors (Lipinski definition) is 0. The molecule has 0 aromatic carbocycles. The number of halogens is 1. The van der Waals surface area contributed by atoms with Gasteiger partial charge in [-0.15, -0.1) is 0 Å². The number of likely N-dealkylation sites (N-methyl/N-ethyl adjacent to an activating group) is 1. The number of anilines is 1. The molecule has 1 heterocycles. The third kappa shape index (κ3) is 3.64. The molecule has 0 saturated carbocycles. The average Bonchev–Trinajstić information content (AvgIpc) is 2.18. The molecule has 1 aromatic rings. The first-order valence-corrected chi connectivity index (χ1v) is 5.44. The third-order valence-corrected chi connectivity index (χ3v) is 2.31. The van der Waals surface area contributed by atoms with Crippen LogP contribution >= 0.6 is 15.9 Å². The standard InChI is InChI=1S/C10H15BrN2O/c1-3-14-8-7-13(2)10-6-4-5-9(11)12-10/h4-6H,3,7-8H2,1-2H3. The molecule has 0 atom stereocenters. The van der Waals surface area contributed by atoms with Crippen LogP contribution < -0.4 is 4.90 Å². The fourth-order valence-corrected chi connectivity index (χ4v) is 1.40. The largest absolute Gasteiger partial charge is 0.380 e. The summed E-state index contributed by atoms with van der Waals surface area (Å²) in [7, 11) is 2.01. The number of hydrogen-bond acceptors (Lipinski definition) is 3. The van der Waals surface area contributed by atoms with Crippen LogP contribution in [0.2, 0.25) is 0 Å². The summed E-state index contributed by atoms with van der Waals surface area (Å²) in [5.41, 5.74) is 0. The Balaban J connectivity index is 2.47. The SMILES string of the molecule is CCOCCN(C)c1cccc(Br)n1. The maximum Gasteiger partial charge on any atom is 0.129 e. The highest BCUT2D eigenvalue weighted by atomic mass is 79.9. The molecule has 0 amide bonds. The summed E-state index contributed by atoms with van der Waals surface area (Å²) in [5, 5.41) is 0. The Morgan fingerprint density at radius 2 is 2.29 bits per heavy atom. The van der Waals surface area contributed by atoms with E-state index in [9.17, 15) is 0 Å². The Bertz CT molecular complexity index is 281. The highest BCUT2D eigenvalue weighted by molar-refractivity contribution is 9.10. The van der Waals surface area contributed by atoms with E-state index in [-0.39, 0.29) is 0 Å². The highest BCUT2D eigenvalue weighted by Crippen LogP contribution is 2.12. The molecule has 1 aromatic heterocycles. The number of aromatic nitrogens is 1. The lowest BCUT2D eigenvalue weighted by molar-refractivity contribution is 0.154. The van der Waals surface area contributed by atoms with Crippen molar-refractivity contribution in [2.24, 2.45) is 0 Å². The maximum atomic E-state index is 5.27. The quantitative estimate of drug-likeness (QED) is 0.599. The predicted molar refractivity (Wildman–Crippen MR) is 61.7 cm³/mol. The molecular formula is C10H15BrN2O. The molecule has 78 valence electrons. The molecule has 0 bridgehead atoms. The zero-order valence-electron chi connectivity index (χ0n) is 8.53. The minimum atomic E-state index is 0.737. The van der Waals surface area contributed by atoms with Crippen molar-refractivity contribution in [3.63, 3.8) is 0 Å². The Kier molecular flexibility index (Phi) is 4.90. The summed E-state index contributed by atoms with van der Waals surface area (Å²) in [4.78, 5) is 6.41. The summed E-state index contributed by atoms with van der Waals surface area (Å²) < 4.78 is 6.13. The lowest BCUT2D eigenvalue weighted by Crippen LogP contribution is -2.23. The molecule has 0 unspecified atom stereocenters. The number of pyridine rings is 1. The number of nitrogens with zero attached hydrogens (tertiary/aromatic N) is 2. The molecule has 3 nitrogen and oxygen atoms in total. The van der Waals surface area contributed by atoms with Crippen molar-refractivity contribution in [1.29, 1.82) is 0 Å². The van der Waals surface area contributed by atoms with Crippen LogP contribution in [0, 0.1) is 0 Å². The van der Waals surface area contributed by atoms with Crippen LogP contribution in [0.3, 0.4) is 0 Å². The van der Waals surface area contributed by atoms with Gasteiger partial charge in [0, 0.05) is 20.2 Å². The molecule has 0 spiro atoms. The van der Waals surface area contributed by atoms with Crippen molar-refractivity contribution < 1.29 is 4.74 Å². The third-order valence-electron chi connectivity index (χ3n) is 1.87. The van der Waals surface area contributed by atoms with Crippen molar-refractivity contribution in [3.8, 4) is 0 Å². The van der Waals surface area contributed by atoms with Gasteiger partial charge in [-0.05, 0) is 35.0 Å². The average molecular weight is 259 g/mol. The van der Waals surface area contributed by atoms with Crippen molar-refractivity contribution in [1.82, 2.24) is 4.98 Å². The van der Waals surface area contributed by atoms with Crippen LogP contribution in [-0.2, 0) is 4.74 Å². The van der Waals surface area contributed by atoms with Crippen LogP contribution in [-0.4, -0.2) is 31.8 Å². The molecule has 0 radical (unpaired) electrons. The molecule has 0 saturated heterocycles. The Morgan fingerprint density at radius 1 is 1.50 bits per heavy atom. The molecule has 14 heavy (non-hydrogen) atoms. The molecule has 0 fully saturated rings. The summed E-state index contributed by atoms with van der Waals surface area (Å²) in [6, 6.07) is 5.88. The first-order valence-electron chi connectivity index (χ1n) is 4.65. The van der Waals surface area contributed by atoms with E-state index in [0.29, 0.717) is 0 Å². The number of ether oxygens (including phenoxy) is 1. The van der Waals surface area contributed by atoms with Crippen LogP contribution in [0.4, 0.5) is 5.82 Å². The van der Waals surface area contributed by atoms with Gasteiger partial charge < -0.3 is 9.64 Å². The van der Waals surface area contributed by atoms with Crippen molar-refractivity contribution in [3.05, 3.63) is 22.8 Å². The van der Waals surface area contributed by atoms with Crippen molar-refractivity contribution in [2.75, 3.05) is 31.7 Å². The monoisotopic (exact) mass is 258 g/mol. The molecule has 0 aliphatic heterocycles. The van der Waals surface area contributed by atoms with Crippen LogP contribution in [0.15, 0.2) is 22.8 Å². The van der Waals surface area contributed by atoms with Gasteiger partial charge >= 0.3 is 0 Å². The fraction of sp³-hybridized carbons (Fsp3) is 0.500. The van der Waals surface area contributed by atoms with Crippen molar-refractivity contribution >= 4 is 21.7 Å². The zero-order valence-corrected chi connectivity index (χ0v) is 10.1. The van der Waals surface area contributed by atoms with Gasteiger partial charge in [0.2, 0.25) is 0 Å². The van der Waals surface area contributed by atoms with Crippen LogP contribution in [0.1, 0.15) is 6.92 Å². The van der Waals surface area contributed by atoms with Gasteiger partial charge in [-0.2, -0.15) is 0 Å². The first kappa shape index (κ1) is 11.5. The van der Waals surface area contributed by atoms with Gasteiger partial charge in [0.05, 0.1) is 6.61 Å². The van der Waals surface area contributed by atoms with E-state index >= 15 is 0 Å². The second-order valence-electron chi connectivity index (χ2n) is 2.94. The Hall–Kier alpha value is -0.610. The van der Waals surface area contributed by atoms with E-state index in [2.05, 4.69) is 25.8 Å².